The zero-order valence-electron chi connectivity index (χ0n) is 24.3. The lowest BCUT2D eigenvalue weighted by molar-refractivity contribution is -0.307. The number of hydrogen-bond donors (Lipinski definition) is 0. The molecule has 1 aliphatic heterocycles. The number of benzene rings is 4. The van der Waals surface area contributed by atoms with Gasteiger partial charge in [-0.3, -0.25) is 0 Å². The molecule has 2 aliphatic rings. The largest absolute Gasteiger partial charge is 0.497 e. The minimum Gasteiger partial charge on any atom is -0.497 e. The van der Waals surface area contributed by atoms with Gasteiger partial charge in [-0.15, -0.1) is 0 Å². The van der Waals surface area contributed by atoms with Crippen LogP contribution < -0.4 is 4.74 Å². The molecule has 1 aliphatic carbocycles. The van der Waals surface area contributed by atoms with Gasteiger partial charge < -0.3 is 18.9 Å². The van der Waals surface area contributed by atoms with Crippen LogP contribution in [0.3, 0.4) is 0 Å². The Hall–Kier alpha value is -2.96. The van der Waals surface area contributed by atoms with E-state index in [9.17, 15) is 0 Å². The second-order valence-electron chi connectivity index (χ2n) is 11.4. The van der Waals surface area contributed by atoms with Crippen molar-refractivity contribution in [2.45, 2.75) is 70.1 Å². The molecule has 1 fully saturated rings. The van der Waals surface area contributed by atoms with Crippen molar-refractivity contribution in [1.29, 1.82) is 0 Å². The maximum atomic E-state index is 7.04. The average Bonchev–Trinajstić information content (AvgIpc) is 3.54. The number of rotatable bonds is 11. The van der Waals surface area contributed by atoms with Gasteiger partial charge in [-0.1, -0.05) is 94.8 Å². The highest BCUT2D eigenvalue weighted by Gasteiger charge is 2.41. The fourth-order valence-electron chi connectivity index (χ4n) is 6.31. The van der Waals surface area contributed by atoms with Crippen LogP contribution >= 0.6 is 15.9 Å². The molecule has 0 saturated carbocycles. The molecule has 0 radical (unpaired) electrons. The SMILES string of the molecule is COc1ccc(Cc2cc(C3CCCC(COCc4ccccc4)(OCc4ccccc4)O3)c3c(c2Br)CCC3)cc1. The fourth-order valence-corrected chi connectivity index (χ4v) is 7.00. The molecule has 0 aromatic heterocycles. The first-order valence-corrected chi connectivity index (χ1v) is 15.8. The van der Waals surface area contributed by atoms with Gasteiger partial charge in [0.2, 0.25) is 0 Å². The molecule has 218 valence electrons. The molecule has 4 aromatic carbocycles. The minimum atomic E-state index is -0.803. The Morgan fingerprint density at radius 1 is 0.810 bits per heavy atom. The van der Waals surface area contributed by atoms with Crippen LogP contribution in [0, 0.1) is 0 Å². The molecule has 42 heavy (non-hydrogen) atoms. The molecule has 4 nitrogen and oxygen atoms in total. The highest BCUT2D eigenvalue weighted by Crippen LogP contribution is 2.45. The number of methoxy groups -OCH3 is 1. The summed E-state index contributed by atoms with van der Waals surface area (Å²) in [6.45, 7) is 1.41. The third-order valence-electron chi connectivity index (χ3n) is 8.50. The third-order valence-corrected chi connectivity index (χ3v) is 9.49. The molecule has 2 atom stereocenters. The van der Waals surface area contributed by atoms with E-state index in [2.05, 4.69) is 70.5 Å². The van der Waals surface area contributed by atoms with Crippen molar-refractivity contribution in [2.75, 3.05) is 13.7 Å². The standard InChI is InChI=1S/C37H39BrO4/c1-39-31-19-17-27(18-20-31)22-30-23-34(32-14-8-15-33(32)36(30)38)35-16-9-21-37(42-35,41-25-29-12-6-3-7-13-29)26-40-24-28-10-4-2-5-11-28/h2-7,10-13,17-20,23,35H,8-9,14-16,21-22,24-26H2,1H3. The van der Waals surface area contributed by atoms with Crippen LogP contribution in [0.2, 0.25) is 0 Å². The molecular formula is C37H39BrO4. The maximum Gasteiger partial charge on any atom is 0.192 e. The molecule has 0 amide bonds. The van der Waals surface area contributed by atoms with Gasteiger partial charge in [0.15, 0.2) is 5.79 Å². The predicted octanol–water partition coefficient (Wildman–Crippen LogP) is 8.91. The van der Waals surface area contributed by atoms with E-state index in [1.165, 1.54) is 38.7 Å². The summed E-state index contributed by atoms with van der Waals surface area (Å²) in [5.74, 6) is 0.0757. The molecule has 6 rings (SSSR count). The Morgan fingerprint density at radius 3 is 2.21 bits per heavy atom. The van der Waals surface area contributed by atoms with Gasteiger partial charge >= 0.3 is 0 Å². The normalized spacial score (nSPS) is 19.9. The van der Waals surface area contributed by atoms with E-state index >= 15 is 0 Å². The molecule has 4 aromatic rings. The smallest absolute Gasteiger partial charge is 0.192 e. The van der Waals surface area contributed by atoms with E-state index in [-0.39, 0.29) is 6.10 Å². The first-order valence-electron chi connectivity index (χ1n) is 15.1. The van der Waals surface area contributed by atoms with E-state index < -0.39 is 5.79 Å². The van der Waals surface area contributed by atoms with Gasteiger partial charge in [0.25, 0.3) is 0 Å². The molecule has 0 spiro atoms. The van der Waals surface area contributed by atoms with Crippen molar-refractivity contribution >= 4 is 15.9 Å². The molecule has 1 heterocycles. The maximum absolute atomic E-state index is 7.04. The number of ether oxygens (including phenoxy) is 4. The lowest BCUT2D eigenvalue weighted by atomic mass is 9.89. The molecule has 0 N–H and O–H groups in total. The van der Waals surface area contributed by atoms with E-state index in [0.717, 1.165) is 55.4 Å². The zero-order chi connectivity index (χ0) is 28.8. The van der Waals surface area contributed by atoms with Crippen LogP contribution in [0.15, 0.2) is 95.5 Å². The van der Waals surface area contributed by atoms with Crippen molar-refractivity contribution < 1.29 is 18.9 Å². The zero-order valence-corrected chi connectivity index (χ0v) is 25.9. The Bertz CT molecular complexity index is 1460. The Labute approximate surface area is 258 Å². The second-order valence-corrected chi connectivity index (χ2v) is 12.2. The first kappa shape index (κ1) is 29.1. The number of halogens is 1. The Morgan fingerprint density at radius 2 is 1.50 bits per heavy atom. The van der Waals surface area contributed by atoms with Crippen molar-refractivity contribution in [3.63, 3.8) is 0 Å². The van der Waals surface area contributed by atoms with Crippen molar-refractivity contribution in [2.24, 2.45) is 0 Å². The summed E-state index contributed by atoms with van der Waals surface area (Å²) in [7, 11) is 1.71. The molecule has 2 unspecified atom stereocenters. The summed E-state index contributed by atoms with van der Waals surface area (Å²) < 4.78 is 26.6. The molecule has 0 bridgehead atoms. The molecular weight excluding hydrogens is 588 g/mol. The van der Waals surface area contributed by atoms with Crippen LogP contribution in [-0.2, 0) is 46.7 Å². The van der Waals surface area contributed by atoms with E-state index in [0.29, 0.717) is 19.8 Å². The second kappa shape index (κ2) is 13.6. The summed E-state index contributed by atoms with van der Waals surface area (Å²) in [6.07, 6.45) is 6.99. The van der Waals surface area contributed by atoms with Crippen LogP contribution in [0.25, 0.3) is 0 Å². The summed E-state index contributed by atoms with van der Waals surface area (Å²) in [5, 5.41) is 0. The summed E-state index contributed by atoms with van der Waals surface area (Å²) >= 11 is 4.00. The van der Waals surface area contributed by atoms with Crippen LogP contribution in [0.5, 0.6) is 5.75 Å². The third kappa shape index (κ3) is 6.81. The topological polar surface area (TPSA) is 36.9 Å². The van der Waals surface area contributed by atoms with E-state index in [1.807, 2.05) is 36.4 Å². The van der Waals surface area contributed by atoms with Crippen LogP contribution in [0.4, 0.5) is 0 Å². The van der Waals surface area contributed by atoms with Gasteiger partial charge in [-0.25, -0.2) is 0 Å². The number of fused-ring (bicyclic) bond motifs is 1. The molecule has 1 saturated heterocycles. The number of hydrogen-bond acceptors (Lipinski definition) is 4. The molecule has 5 heteroatoms. The summed E-state index contributed by atoms with van der Waals surface area (Å²) in [4.78, 5) is 0. The average molecular weight is 628 g/mol. The summed E-state index contributed by atoms with van der Waals surface area (Å²) in [5.41, 5.74) is 9.08. The lowest BCUT2D eigenvalue weighted by Crippen LogP contribution is -2.44. The predicted molar refractivity (Wildman–Crippen MR) is 170 cm³/mol. The Kier molecular flexibility index (Phi) is 9.40. The lowest BCUT2D eigenvalue weighted by Gasteiger charge is -2.41. The first-order chi connectivity index (χ1) is 20.6. The van der Waals surface area contributed by atoms with Crippen LogP contribution in [-0.4, -0.2) is 19.5 Å². The van der Waals surface area contributed by atoms with Gasteiger partial charge in [-0.2, -0.15) is 0 Å². The Balaban J connectivity index is 1.27. The summed E-state index contributed by atoms with van der Waals surface area (Å²) in [6, 6.07) is 31.4. The van der Waals surface area contributed by atoms with Crippen molar-refractivity contribution in [1.82, 2.24) is 0 Å². The minimum absolute atomic E-state index is 0.0376. The van der Waals surface area contributed by atoms with E-state index in [1.54, 1.807) is 7.11 Å². The highest BCUT2D eigenvalue weighted by atomic mass is 79.9. The van der Waals surface area contributed by atoms with Gasteiger partial charge in [0, 0.05) is 10.9 Å². The quantitative estimate of drug-likeness (QED) is 0.166. The van der Waals surface area contributed by atoms with E-state index in [4.69, 9.17) is 18.9 Å². The van der Waals surface area contributed by atoms with Crippen LogP contribution in [0.1, 0.15) is 70.7 Å². The monoisotopic (exact) mass is 626 g/mol. The van der Waals surface area contributed by atoms with Gasteiger partial charge in [-0.05, 0) is 89.6 Å². The van der Waals surface area contributed by atoms with Gasteiger partial charge in [0.1, 0.15) is 12.4 Å². The van der Waals surface area contributed by atoms with Gasteiger partial charge in [0.05, 0.1) is 26.4 Å². The highest BCUT2D eigenvalue weighted by molar-refractivity contribution is 9.10. The fraction of sp³-hybridized carbons (Fsp3) is 0.351. The van der Waals surface area contributed by atoms with Crippen molar-refractivity contribution in [3.05, 3.63) is 134 Å². The van der Waals surface area contributed by atoms with Crippen molar-refractivity contribution in [3.8, 4) is 5.75 Å².